The third-order valence-corrected chi connectivity index (χ3v) is 6.18. The predicted molar refractivity (Wildman–Crippen MR) is 103 cm³/mol. The van der Waals surface area contributed by atoms with Crippen molar-refractivity contribution in [2.45, 2.75) is 32.6 Å². The molecule has 2 aliphatic heterocycles. The summed E-state index contributed by atoms with van der Waals surface area (Å²) in [6.07, 6.45) is 6.52. The van der Waals surface area contributed by atoms with Crippen LogP contribution in [0.25, 0.3) is 5.65 Å². The van der Waals surface area contributed by atoms with Gasteiger partial charge in [-0.25, -0.2) is 9.50 Å². The number of carbonyl (C=O) groups is 2. The van der Waals surface area contributed by atoms with Crippen LogP contribution in [0.4, 0.5) is 0 Å². The fraction of sp³-hybridized carbons (Fsp3) is 0.600. The number of carbonyl (C=O) groups excluding carboxylic acids is 2. The second-order valence-electron chi connectivity index (χ2n) is 7.99. The van der Waals surface area contributed by atoms with Crippen LogP contribution in [-0.4, -0.2) is 76.1 Å². The van der Waals surface area contributed by atoms with Crippen molar-refractivity contribution in [3.05, 3.63) is 29.7 Å². The van der Waals surface area contributed by atoms with E-state index in [0.717, 1.165) is 43.7 Å². The molecular formula is C20H27N5O3. The Morgan fingerprint density at radius 3 is 2.86 bits per heavy atom. The van der Waals surface area contributed by atoms with Gasteiger partial charge in [0.25, 0.3) is 5.91 Å². The standard InChI is InChI=1S/C20H27N5O3/c1-15-16(13-21-17-4-7-22-25(15)17)19(27)23-9-5-20(6-10-23)12-18(26)24(14-20)8-3-11-28-2/h4,7,13H,3,5-6,8-12,14H2,1-2H3. The van der Waals surface area contributed by atoms with Gasteiger partial charge >= 0.3 is 0 Å². The van der Waals surface area contributed by atoms with Crippen molar-refractivity contribution in [1.29, 1.82) is 0 Å². The first-order valence-electron chi connectivity index (χ1n) is 9.88. The van der Waals surface area contributed by atoms with Crippen LogP contribution in [0, 0.1) is 12.3 Å². The summed E-state index contributed by atoms with van der Waals surface area (Å²) in [6.45, 7) is 5.48. The maximum Gasteiger partial charge on any atom is 0.257 e. The summed E-state index contributed by atoms with van der Waals surface area (Å²) in [5, 5.41) is 4.24. The maximum absolute atomic E-state index is 13.0. The highest BCUT2D eigenvalue weighted by molar-refractivity contribution is 5.95. The lowest BCUT2D eigenvalue weighted by Crippen LogP contribution is -2.44. The number of likely N-dealkylation sites (tertiary alicyclic amines) is 2. The molecule has 0 aliphatic carbocycles. The summed E-state index contributed by atoms with van der Waals surface area (Å²) in [5.74, 6) is 0.235. The Morgan fingerprint density at radius 1 is 1.32 bits per heavy atom. The van der Waals surface area contributed by atoms with Gasteiger partial charge in [-0.3, -0.25) is 9.59 Å². The van der Waals surface area contributed by atoms with E-state index >= 15 is 0 Å². The Kier molecular flexibility index (Phi) is 5.05. The van der Waals surface area contributed by atoms with Crippen LogP contribution in [-0.2, 0) is 9.53 Å². The van der Waals surface area contributed by atoms with Gasteiger partial charge in [0.15, 0.2) is 5.65 Å². The van der Waals surface area contributed by atoms with Crippen molar-refractivity contribution < 1.29 is 14.3 Å². The molecule has 4 rings (SSSR count). The van der Waals surface area contributed by atoms with Crippen molar-refractivity contribution >= 4 is 17.5 Å². The number of nitrogens with zero attached hydrogens (tertiary/aromatic N) is 5. The van der Waals surface area contributed by atoms with Crippen molar-refractivity contribution in [1.82, 2.24) is 24.4 Å². The minimum absolute atomic E-state index is 0.00137. The van der Waals surface area contributed by atoms with Crippen LogP contribution in [0.3, 0.4) is 0 Å². The Morgan fingerprint density at radius 2 is 2.11 bits per heavy atom. The minimum Gasteiger partial charge on any atom is -0.385 e. The van der Waals surface area contributed by atoms with Gasteiger partial charge in [-0.2, -0.15) is 5.10 Å². The van der Waals surface area contributed by atoms with Gasteiger partial charge < -0.3 is 14.5 Å². The molecule has 8 nitrogen and oxygen atoms in total. The number of fused-ring (bicyclic) bond motifs is 1. The highest BCUT2D eigenvalue weighted by atomic mass is 16.5. The topological polar surface area (TPSA) is 80.0 Å². The number of hydrogen-bond donors (Lipinski definition) is 0. The molecule has 2 aromatic rings. The molecule has 0 unspecified atom stereocenters. The molecule has 0 N–H and O–H groups in total. The molecule has 2 amide bonds. The van der Waals surface area contributed by atoms with E-state index in [2.05, 4.69) is 10.1 Å². The van der Waals surface area contributed by atoms with E-state index in [1.54, 1.807) is 24.0 Å². The van der Waals surface area contributed by atoms with Crippen molar-refractivity contribution in [2.75, 3.05) is 39.9 Å². The monoisotopic (exact) mass is 385 g/mol. The van der Waals surface area contributed by atoms with Crippen LogP contribution in [0.1, 0.15) is 41.7 Å². The number of ether oxygens (including phenoxy) is 1. The Hall–Kier alpha value is -2.48. The van der Waals surface area contributed by atoms with Crippen molar-refractivity contribution in [3.8, 4) is 0 Å². The lowest BCUT2D eigenvalue weighted by molar-refractivity contribution is -0.128. The van der Waals surface area contributed by atoms with Gasteiger partial charge in [-0.15, -0.1) is 0 Å². The van der Waals surface area contributed by atoms with Crippen LogP contribution < -0.4 is 0 Å². The summed E-state index contributed by atoms with van der Waals surface area (Å²) in [6, 6.07) is 1.82. The van der Waals surface area contributed by atoms with E-state index in [1.165, 1.54) is 0 Å². The predicted octanol–water partition coefficient (Wildman–Crippen LogP) is 1.53. The van der Waals surface area contributed by atoms with E-state index in [4.69, 9.17) is 4.74 Å². The van der Waals surface area contributed by atoms with Gasteiger partial charge in [-0.1, -0.05) is 0 Å². The molecule has 4 heterocycles. The summed E-state index contributed by atoms with van der Waals surface area (Å²) >= 11 is 0. The molecular weight excluding hydrogens is 358 g/mol. The Labute approximate surface area is 164 Å². The van der Waals surface area contributed by atoms with Crippen LogP contribution in [0.15, 0.2) is 18.5 Å². The van der Waals surface area contributed by atoms with Crippen molar-refractivity contribution in [2.24, 2.45) is 5.41 Å². The van der Waals surface area contributed by atoms with Gasteiger partial charge in [0, 0.05) is 64.0 Å². The van der Waals surface area contributed by atoms with E-state index in [9.17, 15) is 9.59 Å². The minimum atomic E-state index is -0.00137. The zero-order valence-corrected chi connectivity index (χ0v) is 16.6. The first-order valence-corrected chi connectivity index (χ1v) is 9.88. The smallest absolute Gasteiger partial charge is 0.257 e. The summed E-state index contributed by atoms with van der Waals surface area (Å²) < 4.78 is 6.79. The third kappa shape index (κ3) is 3.37. The molecule has 0 aromatic carbocycles. The molecule has 8 heteroatoms. The number of aryl methyl sites for hydroxylation is 1. The molecule has 2 aliphatic rings. The average molecular weight is 385 g/mol. The SMILES string of the molecule is COCCCN1CC2(CCN(C(=O)c3cnc4ccnn4c3C)CC2)CC1=O. The molecule has 150 valence electrons. The Balaban J connectivity index is 1.40. The van der Waals surface area contributed by atoms with E-state index in [-0.39, 0.29) is 17.2 Å². The lowest BCUT2D eigenvalue weighted by atomic mass is 9.77. The Bertz CT molecular complexity index is 885. The summed E-state index contributed by atoms with van der Waals surface area (Å²) in [4.78, 5) is 33.7. The zero-order valence-electron chi connectivity index (χ0n) is 16.6. The molecule has 2 saturated heterocycles. The van der Waals surface area contributed by atoms with Crippen LogP contribution >= 0.6 is 0 Å². The average Bonchev–Trinajstić information content (AvgIpc) is 3.28. The van der Waals surface area contributed by atoms with Gasteiger partial charge in [0.05, 0.1) is 17.5 Å². The van der Waals surface area contributed by atoms with Crippen molar-refractivity contribution in [3.63, 3.8) is 0 Å². The third-order valence-electron chi connectivity index (χ3n) is 6.18. The van der Waals surface area contributed by atoms with E-state index < -0.39 is 0 Å². The molecule has 28 heavy (non-hydrogen) atoms. The van der Waals surface area contributed by atoms with Crippen LogP contribution in [0.2, 0.25) is 0 Å². The number of piperidine rings is 1. The number of amides is 2. The second kappa shape index (κ2) is 7.50. The number of rotatable bonds is 5. The molecule has 1 spiro atoms. The first kappa shape index (κ1) is 18.9. The molecule has 0 atom stereocenters. The zero-order chi connectivity index (χ0) is 19.7. The van der Waals surface area contributed by atoms with E-state index in [1.807, 2.05) is 22.8 Å². The highest BCUT2D eigenvalue weighted by Crippen LogP contribution is 2.41. The number of hydrogen-bond acceptors (Lipinski definition) is 5. The molecule has 2 fully saturated rings. The normalized spacial score (nSPS) is 19.1. The second-order valence-corrected chi connectivity index (χ2v) is 7.99. The molecule has 0 saturated carbocycles. The van der Waals surface area contributed by atoms with E-state index in [0.29, 0.717) is 31.7 Å². The lowest BCUT2D eigenvalue weighted by Gasteiger charge is -2.39. The molecule has 0 radical (unpaired) electrons. The number of methoxy groups -OCH3 is 1. The van der Waals surface area contributed by atoms with Gasteiger partial charge in [0.1, 0.15) is 0 Å². The fourth-order valence-electron chi connectivity index (χ4n) is 4.48. The summed E-state index contributed by atoms with van der Waals surface area (Å²) in [7, 11) is 1.68. The quantitative estimate of drug-likeness (QED) is 0.729. The first-order chi connectivity index (χ1) is 13.5. The molecule has 0 bridgehead atoms. The largest absolute Gasteiger partial charge is 0.385 e. The highest BCUT2D eigenvalue weighted by Gasteiger charge is 2.45. The maximum atomic E-state index is 13.0. The van der Waals surface area contributed by atoms with Gasteiger partial charge in [-0.05, 0) is 26.2 Å². The van der Waals surface area contributed by atoms with Crippen LogP contribution in [0.5, 0.6) is 0 Å². The van der Waals surface area contributed by atoms with Gasteiger partial charge in [0.2, 0.25) is 5.91 Å². The number of aromatic nitrogens is 3. The fourth-order valence-corrected chi connectivity index (χ4v) is 4.48. The summed E-state index contributed by atoms with van der Waals surface area (Å²) in [5.41, 5.74) is 2.15. The molecule has 2 aromatic heterocycles.